The van der Waals surface area contributed by atoms with Crippen LogP contribution in [-0.2, 0) is 0 Å². The molecule has 2 unspecified atom stereocenters. The normalized spacial score (nSPS) is 22.4. The number of nitrogens with one attached hydrogen (secondary N) is 2. The average Bonchev–Trinajstić information content (AvgIpc) is 2.38. The third-order valence-electron chi connectivity index (χ3n) is 3.63. The summed E-state index contributed by atoms with van der Waals surface area (Å²) in [6.07, 6.45) is 5.01. The van der Waals surface area contributed by atoms with Crippen molar-refractivity contribution in [2.75, 3.05) is 36.2 Å². The van der Waals surface area contributed by atoms with Crippen molar-refractivity contribution in [1.29, 1.82) is 0 Å². The number of aromatic nitrogens is 3. The molecule has 0 saturated heterocycles. The number of nitrogens with zero attached hydrogens (tertiary/aromatic N) is 4. The van der Waals surface area contributed by atoms with E-state index in [1.807, 2.05) is 25.9 Å². The Kier molecular flexibility index (Phi) is 4.98. The minimum absolute atomic E-state index is 0.477. The standard InChI is InChI=1S/C14H26N6/c1-5-15-12-17-13(19-14(18-12)20(3)4)16-11-8-6-7-10(2)9-11/h10-11H,5-9H2,1-4H3,(H2,15,16,17,18,19). The van der Waals surface area contributed by atoms with Gasteiger partial charge in [-0.05, 0) is 25.7 Å². The zero-order valence-electron chi connectivity index (χ0n) is 13.0. The Morgan fingerprint density at radius 2 is 1.90 bits per heavy atom. The molecule has 1 fully saturated rings. The molecule has 2 N–H and O–H groups in total. The van der Waals surface area contributed by atoms with E-state index >= 15 is 0 Å². The van der Waals surface area contributed by atoms with Gasteiger partial charge < -0.3 is 15.5 Å². The molecule has 1 aromatic heterocycles. The first-order chi connectivity index (χ1) is 9.58. The highest BCUT2D eigenvalue weighted by molar-refractivity contribution is 5.43. The van der Waals surface area contributed by atoms with Gasteiger partial charge in [0.25, 0.3) is 0 Å². The second-order valence-electron chi connectivity index (χ2n) is 5.82. The van der Waals surface area contributed by atoms with Gasteiger partial charge in [0.05, 0.1) is 0 Å². The van der Waals surface area contributed by atoms with Gasteiger partial charge in [-0.15, -0.1) is 0 Å². The Balaban J connectivity index is 2.12. The van der Waals surface area contributed by atoms with Gasteiger partial charge in [-0.2, -0.15) is 15.0 Å². The topological polar surface area (TPSA) is 66.0 Å². The fourth-order valence-corrected chi connectivity index (χ4v) is 2.61. The summed E-state index contributed by atoms with van der Waals surface area (Å²) in [5.41, 5.74) is 0. The molecule has 1 heterocycles. The molecule has 0 spiro atoms. The molecule has 1 saturated carbocycles. The van der Waals surface area contributed by atoms with E-state index in [-0.39, 0.29) is 0 Å². The van der Waals surface area contributed by atoms with E-state index in [2.05, 4.69) is 32.5 Å². The summed E-state index contributed by atoms with van der Waals surface area (Å²) < 4.78 is 0. The van der Waals surface area contributed by atoms with Gasteiger partial charge in [0.2, 0.25) is 17.8 Å². The summed E-state index contributed by atoms with van der Waals surface area (Å²) in [5.74, 6) is 2.78. The van der Waals surface area contributed by atoms with Crippen LogP contribution in [0.5, 0.6) is 0 Å². The third kappa shape index (κ3) is 3.95. The Morgan fingerprint density at radius 3 is 2.55 bits per heavy atom. The molecule has 0 amide bonds. The molecule has 112 valence electrons. The quantitative estimate of drug-likeness (QED) is 0.862. The van der Waals surface area contributed by atoms with E-state index in [0.29, 0.717) is 23.9 Å². The first-order valence-electron chi connectivity index (χ1n) is 7.52. The number of anilines is 3. The summed E-state index contributed by atoms with van der Waals surface area (Å²) in [6.45, 7) is 5.16. The molecular formula is C14H26N6. The Bertz CT molecular complexity index is 434. The van der Waals surface area contributed by atoms with Crippen LogP contribution in [0.3, 0.4) is 0 Å². The molecule has 0 bridgehead atoms. The zero-order chi connectivity index (χ0) is 14.5. The molecule has 6 heteroatoms. The zero-order valence-corrected chi connectivity index (χ0v) is 13.0. The third-order valence-corrected chi connectivity index (χ3v) is 3.63. The maximum Gasteiger partial charge on any atom is 0.231 e. The van der Waals surface area contributed by atoms with Crippen LogP contribution >= 0.6 is 0 Å². The van der Waals surface area contributed by atoms with Gasteiger partial charge in [-0.1, -0.05) is 19.8 Å². The highest BCUT2D eigenvalue weighted by Gasteiger charge is 2.20. The van der Waals surface area contributed by atoms with Crippen LogP contribution in [0.1, 0.15) is 39.5 Å². The van der Waals surface area contributed by atoms with Gasteiger partial charge in [-0.3, -0.25) is 0 Å². The van der Waals surface area contributed by atoms with Crippen molar-refractivity contribution in [1.82, 2.24) is 15.0 Å². The average molecular weight is 278 g/mol. The first kappa shape index (κ1) is 14.8. The fraction of sp³-hybridized carbons (Fsp3) is 0.786. The minimum Gasteiger partial charge on any atom is -0.354 e. The van der Waals surface area contributed by atoms with Gasteiger partial charge in [0.1, 0.15) is 0 Å². The summed E-state index contributed by atoms with van der Waals surface area (Å²) in [4.78, 5) is 15.2. The van der Waals surface area contributed by atoms with Crippen molar-refractivity contribution in [2.24, 2.45) is 5.92 Å². The van der Waals surface area contributed by atoms with Crippen LogP contribution in [0.2, 0.25) is 0 Å². The van der Waals surface area contributed by atoms with Crippen molar-refractivity contribution in [3.05, 3.63) is 0 Å². The van der Waals surface area contributed by atoms with Gasteiger partial charge in [0, 0.05) is 26.7 Å². The predicted octanol–water partition coefficient (Wildman–Crippen LogP) is 2.36. The first-order valence-corrected chi connectivity index (χ1v) is 7.52. The maximum atomic E-state index is 4.49. The Hall–Kier alpha value is -1.59. The maximum absolute atomic E-state index is 4.49. The summed E-state index contributed by atoms with van der Waals surface area (Å²) in [6, 6.07) is 0.477. The van der Waals surface area contributed by atoms with Crippen LogP contribution in [0.25, 0.3) is 0 Å². The van der Waals surface area contributed by atoms with Crippen molar-refractivity contribution < 1.29 is 0 Å². The largest absolute Gasteiger partial charge is 0.354 e. The lowest BCUT2D eigenvalue weighted by Crippen LogP contribution is -2.28. The molecule has 1 aromatic rings. The lowest BCUT2D eigenvalue weighted by Gasteiger charge is -2.27. The van der Waals surface area contributed by atoms with Crippen molar-refractivity contribution in [3.8, 4) is 0 Å². The molecular weight excluding hydrogens is 252 g/mol. The lowest BCUT2D eigenvalue weighted by atomic mass is 9.87. The van der Waals surface area contributed by atoms with Gasteiger partial charge >= 0.3 is 0 Å². The van der Waals surface area contributed by atoms with Crippen LogP contribution in [0.4, 0.5) is 17.8 Å². The summed E-state index contributed by atoms with van der Waals surface area (Å²) >= 11 is 0. The highest BCUT2D eigenvalue weighted by Crippen LogP contribution is 2.25. The molecule has 20 heavy (non-hydrogen) atoms. The van der Waals surface area contributed by atoms with Crippen LogP contribution in [0.15, 0.2) is 0 Å². The van der Waals surface area contributed by atoms with E-state index in [1.165, 1.54) is 25.7 Å². The summed E-state index contributed by atoms with van der Waals surface area (Å²) in [7, 11) is 3.88. The predicted molar refractivity (Wildman–Crippen MR) is 83.4 cm³/mol. The molecule has 2 rings (SSSR count). The van der Waals surface area contributed by atoms with Crippen LogP contribution < -0.4 is 15.5 Å². The van der Waals surface area contributed by atoms with E-state index in [4.69, 9.17) is 0 Å². The minimum atomic E-state index is 0.477. The van der Waals surface area contributed by atoms with Crippen LogP contribution in [-0.4, -0.2) is 41.6 Å². The van der Waals surface area contributed by atoms with Crippen molar-refractivity contribution in [2.45, 2.75) is 45.6 Å². The summed E-state index contributed by atoms with van der Waals surface area (Å²) in [5, 5.41) is 6.64. The lowest BCUT2D eigenvalue weighted by molar-refractivity contribution is 0.357. The fourth-order valence-electron chi connectivity index (χ4n) is 2.61. The molecule has 1 aliphatic rings. The number of rotatable bonds is 5. The monoisotopic (exact) mass is 278 g/mol. The van der Waals surface area contributed by atoms with E-state index in [9.17, 15) is 0 Å². The molecule has 0 radical (unpaired) electrons. The Labute approximate surface area is 121 Å². The molecule has 6 nitrogen and oxygen atoms in total. The second-order valence-corrected chi connectivity index (χ2v) is 5.82. The smallest absolute Gasteiger partial charge is 0.231 e. The molecule has 0 aromatic carbocycles. The highest BCUT2D eigenvalue weighted by atomic mass is 15.3. The molecule has 0 aliphatic heterocycles. The van der Waals surface area contributed by atoms with E-state index in [1.54, 1.807) is 0 Å². The molecule has 1 aliphatic carbocycles. The number of hydrogen-bond acceptors (Lipinski definition) is 6. The Morgan fingerprint density at radius 1 is 1.15 bits per heavy atom. The molecule has 2 atom stereocenters. The van der Waals surface area contributed by atoms with Crippen molar-refractivity contribution >= 4 is 17.8 Å². The van der Waals surface area contributed by atoms with Gasteiger partial charge in [0.15, 0.2) is 0 Å². The van der Waals surface area contributed by atoms with Gasteiger partial charge in [-0.25, -0.2) is 0 Å². The number of hydrogen-bond donors (Lipinski definition) is 2. The van der Waals surface area contributed by atoms with E-state index < -0.39 is 0 Å². The van der Waals surface area contributed by atoms with E-state index in [0.717, 1.165) is 12.5 Å². The van der Waals surface area contributed by atoms with Crippen molar-refractivity contribution in [3.63, 3.8) is 0 Å². The second kappa shape index (κ2) is 6.72. The SMILES string of the molecule is CCNc1nc(NC2CCCC(C)C2)nc(N(C)C)n1. The van der Waals surface area contributed by atoms with Crippen LogP contribution in [0, 0.1) is 5.92 Å².